The minimum atomic E-state index is -4.77. The second kappa shape index (κ2) is 10.8. The Labute approximate surface area is 223 Å². The predicted molar refractivity (Wildman–Crippen MR) is 143 cm³/mol. The van der Waals surface area contributed by atoms with Gasteiger partial charge in [0.1, 0.15) is 11.4 Å². The molecule has 4 aromatic rings. The van der Waals surface area contributed by atoms with Gasteiger partial charge in [-0.25, -0.2) is 0 Å². The van der Waals surface area contributed by atoms with Gasteiger partial charge in [0, 0.05) is 46.9 Å². The molecule has 8 nitrogen and oxygen atoms in total. The highest BCUT2D eigenvalue weighted by atomic mass is 32.3. The molecule has 0 bridgehead atoms. The van der Waals surface area contributed by atoms with E-state index in [9.17, 15) is 27.1 Å². The van der Waals surface area contributed by atoms with Gasteiger partial charge in [-0.15, -0.1) is 13.2 Å². The molecule has 12 heteroatoms. The highest BCUT2D eigenvalue weighted by Crippen LogP contribution is 2.44. The normalized spacial score (nSPS) is 17.9. The number of nitrogens with one attached hydrogen (secondary N) is 1. The summed E-state index contributed by atoms with van der Waals surface area (Å²) >= 11 is 0. The molecule has 0 aliphatic carbocycles. The molecule has 3 heterocycles. The van der Waals surface area contributed by atoms with E-state index < -0.39 is 17.0 Å². The van der Waals surface area contributed by atoms with Crippen LogP contribution in [0.15, 0.2) is 82.2 Å². The molecule has 0 radical (unpaired) electrons. The number of hydrogen-bond donors (Lipinski definition) is 3. The van der Waals surface area contributed by atoms with Gasteiger partial charge in [-0.05, 0) is 60.9 Å². The first-order valence-electron chi connectivity index (χ1n) is 12.2. The fraction of sp³-hybridized carbons (Fsp3) is 0.259. The Morgan fingerprint density at radius 2 is 1.85 bits per heavy atom. The van der Waals surface area contributed by atoms with E-state index in [1.807, 2.05) is 24.3 Å². The summed E-state index contributed by atoms with van der Waals surface area (Å²) in [6.45, 7) is 0.295. The van der Waals surface area contributed by atoms with Gasteiger partial charge in [0.2, 0.25) is 0 Å². The van der Waals surface area contributed by atoms with Crippen molar-refractivity contribution in [3.05, 3.63) is 88.8 Å². The van der Waals surface area contributed by atoms with Crippen LogP contribution in [0.25, 0.3) is 22.6 Å². The van der Waals surface area contributed by atoms with E-state index in [2.05, 4.69) is 15.2 Å². The average molecular weight is 562 g/mol. The predicted octanol–water partition coefficient (Wildman–Crippen LogP) is 6.44. The molecule has 5 rings (SSSR count). The van der Waals surface area contributed by atoms with Gasteiger partial charge in [-0.3, -0.25) is 13.9 Å². The minimum absolute atomic E-state index is 0.0286. The van der Waals surface area contributed by atoms with Gasteiger partial charge < -0.3 is 19.1 Å². The van der Waals surface area contributed by atoms with Gasteiger partial charge >= 0.3 is 6.36 Å². The van der Waals surface area contributed by atoms with Crippen LogP contribution in [-0.4, -0.2) is 42.7 Å². The maximum atomic E-state index is 12.6. The summed E-state index contributed by atoms with van der Waals surface area (Å²) < 4.78 is 68.2. The molecule has 0 saturated carbocycles. The monoisotopic (exact) mass is 561 g/mol. The summed E-state index contributed by atoms with van der Waals surface area (Å²) in [6, 6.07) is 17.5. The molecule has 39 heavy (non-hydrogen) atoms. The Kier molecular flexibility index (Phi) is 7.43. The lowest BCUT2D eigenvalue weighted by Crippen LogP contribution is -2.32. The number of ether oxygens (including phenoxy) is 1. The van der Waals surface area contributed by atoms with Crippen LogP contribution >= 0.6 is 10.6 Å². The fourth-order valence-electron chi connectivity index (χ4n) is 4.53. The second-order valence-corrected chi connectivity index (χ2v) is 11.7. The van der Waals surface area contributed by atoms with Crippen LogP contribution in [0.2, 0.25) is 0 Å². The van der Waals surface area contributed by atoms with Crippen LogP contribution in [0.4, 0.5) is 18.9 Å². The number of alkyl halides is 3. The highest BCUT2D eigenvalue weighted by Gasteiger charge is 2.31. The van der Waals surface area contributed by atoms with Crippen molar-refractivity contribution in [1.82, 2.24) is 9.72 Å². The van der Waals surface area contributed by atoms with E-state index in [-0.39, 0.29) is 17.4 Å². The number of anilines is 1. The zero-order valence-corrected chi connectivity index (χ0v) is 21.4. The highest BCUT2D eigenvalue weighted by molar-refractivity contribution is 8.24. The number of hydrogen-bond acceptors (Lipinski definition) is 7. The number of benzene rings is 2. The van der Waals surface area contributed by atoms with Crippen molar-refractivity contribution in [1.29, 1.82) is 0 Å². The van der Waals surface area contributed by atoms with E-state index in [0.717, 1.165) is 24.1 Å². The van der Waals surface area contributed by atoms with Crippen molar-refractivity contribution in [2.24, 2.45) is 0 Å². The van der Waals surface area contributed by atoms with Crippen LogP contribution in [0, 0.1) is 0 Å². The first kappa shape index (κ1) is 26.9. The third-order valence-corrected chi connectivity index (χ3v) is 8.18. The largest absolute Gasteiger partial charge is 0.573 e. The van der Waals surface area contributed by atoms with Crippen LogP contribution in [0.5, 0.6) is 5.75 Å². The molecule has 1 fully saturated rings. The van der Waals surface area contributed by atoms with Gasteiger partial charge in [-0.1, -0.05) is 17.3 Å². The Morgan fingerprint density at radius 3 is 2.59 bits per heavy atom. The zero-order chi connectivity index (χ0) is 27.6. The van der Waals surface area contributed by atoms with E-state index in [4.69, 9.17) is 4.52 Å². The maximum absolute atomic E-state index is 12.6. The summed E-state index contributed by atoms with van der Waals surface area (Å²) in [7, 11) is -2.54. The lowest BCUT2D eigenvalue weighted by Gasteiger charge is -2.40. The van der Waals surface area contributed by atoms with E-state index in [1.165, 1.54) is 34.9 Å². The van der Waals surface area contributed by atoms with Crippen LogP contribution < -0.4 is 15.6 Å². The summed E-state index contributed by atoms with van der Waals surface area (Å²) in [5, 5.41) is 7.39. The number of halogens is 3. The number of rotatable bonds is 7. The molecule has 1 unspecified atom stereocenters. The second-order valence-electron chi connectivity index (χ2n) is 9.39. The smallest absolute Gasteiger partial charge is 0.406 e. The maximum Gasteiger partial charge on any atom is 0.573 e. The minimum Gasteiger partial charge on any atom is -0.406 e. The lowest BCUT2D eigenvalue weighted by molar-refractivity contribution is -0.274. The van der Waals surface area contributed by atoms with Crippen LogP contribution in [0.1, 0.15) is 18.4 Å². The van der Waals surface area contributed by atoms with Gasteiger partial charge in [0.05, 0.1) is 12.3 Å². The molecule has 1 atom stereocenters. The summed E-state index contributed by atoms with van der Waals surface area (Å²) in [5.41, 5.74) is 3.06. The number of aromatic nitrogens is 2. The molecule has 1 aliphatic heterocycles. The molecule has 3 N–H and O–H groups in total. The summed E-state index contributed by atoms with van der Waals surface area (Å²) in [6.07, 6.45) is -1.51. The molecule has 2 aromatic carbocycles. The topological polar surface area (TPSA) is 110 Å². The van der Waals surface area contributed by atoms with Gasteiger partial charge in [0.15, 0.2) is 5.76 Å². The first-order valence-corrected chi connectivity index (χ1v) is 14.0. The molecule has 2 aromatic heterocycles. The van der Waals surface area contributed by atoms with E-state index in [0.29, 0.717) is 40.6 Å². The molecule has 0 amide bonds. The average Bonchev–Trinajstić information content (AvgIpc) is 3.35. The zero-order valence-electron chi connectivity index (χ0n) is 20.6. The van der Waals surface area contributed by atoms with Crippen molar-refractivity contribution in [2.45, 2.75) is 31.8 Å². The van der Waals surface area contributed by atoms with Gasteiger partial charge in [0.25, 0.3) is 5.56 Å². The Bertz CT molecular complexity index is 1500. The molecule has 1 aliphatic rings. The summed E-state index contributed by atoms with van der Waals surface area (Å²) in [4.78, 5) is 12.6. The van der Waals surface area contributed by atoms with Crippen molar-refractivity contribution >= 4 is 16.3 Å². The first-order chi connectivity index (χ1) is 18.5. The van der Waals surface area contributed by atoms with Gasteiger partial charge in [-0.2, -0.15) is 10.6 Å². The fourth-order valence-corrected chi connectivity index (χ4v) is 6.22. The lowest BCUT2D eigenvalue weighted by atomic mass is 10.1. The molecule has 0 spiro atoms. The standard InChI is InChI=1S/C27H26F3N3O5S/c28-27(29,30)37-23-9-6-19(7-10-23)24-14-25(38-32-24)20-8-11-26(34)33(16-20)15-18-3-1-4-21(13-18)31-22-5-2-12-39(35,36)17-22/h1,3-4,6-11,13-14,16,22,31,35-36H,2,5,12,15,17H2. The van der Waals surface area contributed by atoms with E-state index in [1.54, 1.807) is 18.3 Å². The quantitative estimate of drug-likeness (QED) is 0.238. The van der Waals surface area contributed by atoms with Crippen LogP contribution in [-0.2, 0) is 6.54 Å². The van der Waals surface area contributed by atoms with Crippen molar-refractivity contribution in [3.8, 4) is 28.3 Å². The molecule has 206 valence electrons. The molecule has 1 saturated heterocycles. The molecular formula is C27H26F3N3O5S. The Balaban J connectivity index is 1.30. The third kappa shape index (κ3) is 7.02. The van der Waals surface area contributed by atoms with Crippen molar-refractivity contribution < 1.29 is 31.5 Å². The Hall–Kier alpha value is -3.74. The Morgan fingerprint density at radius 1 is 1.08 bits per heavy atom. The van der Waals surface area contributed by atoms with Crippen molar-refractivity contribution in [2.75, 3.05) is 16.8 Å². The molecular weight excluding hydrogens is 535 g/mol. The number of pyridine rings is 1. The van der Waals surface area contributed by atoms with E-state index >= 15 is 0 Å². The SMILES string of the molecule is O=c1ccc(-c2cc(-c3ccc(OC(F)(F)F)cc3)no2)cn1Cc1cccc(NC2CCCS(O)(O)C2)c1. The van der Waals surface area contributed by atoms with Crippen LogP contribution in [0.3, 0.4) is 0 Å². The third-order valence-electron chi connectivity index (χ3n) is 6.30. The number of nitrogens with zero attached hydrogens (tertiary/aromatic N) is 2. The van der Waals surface area contributed by atoms with Crippen molar-refractivity contribution in [3.63, 3.8) is 0 Å². The summed E-state index contributed by atoms with van der Waals surface area (Å²) in [5.74, 6) is 0.821.